The highest BCUT2D eigenvalue weighted by Gasteiger charge is 2.31. The van der Waals surface area contributed by atoms with Crippen LogP contribution in [0.15, 0.2) is 29.4 Å². The average Bonchev–Trinajstić information content (AvgIpc) is 2.85. The number of hydrogen-bond donors (Lipinski definition) is 2. The molecule has 0 fully saturated rings. The van der Waals surface area contributed by atoms with Crippen molar-refractivity contribution in [3.05, 3.63) is 35.4 Å². The van der Waals surface area contributed by atoms with Crippen LogP contribution in [-0.2, 0) is 6.18 Å². The molecule has 8 heteroatoms. The van der Waals surface area contributed by atoms with Gasteiger partial charge in [-0.15, -0.1) is 0 Å². The maximum absolute atomic E-state index is 12.6. The molecule has 1 aliphatic heterocycles. The molecule has 0 spiro atoms. The lowest BCUT2D eigenvalue weighted by atomic mass is 10.1. The van der Waals surface area contributed by atoms with Crippen LogP contribution in [0, 0.1) is 0 Å². The predicted molar refractivity (Wildman–Crippen MR) is 71.2 cm³/mol. The molecule has 0 radical (unpaired) electrons. The third-order valence-electron chi connectivity index (χ3n) is 2.61. The number of halogens is 3. The summed E-state index contributed by atoms with van der Waals surface area (Å²) in [6, 6.07) is 4.28. The second-order valence-corrected chi connectivity index (χ2v) is 5.28. The van der Waals surface area contributed by atoms with Gasteiger partial charge in [-0.3, -0.25) is 15.5 Å². The largest absolute Gasteiger partial charge is 0.416 e. The molecule has 0 saturated carbocycles. The number of alkyl halides is 3. The summed E-state index contributed by atoms with van der Waals surface area (Å²) in [6.07, 6.45) is -3.65. The Kier molecular flexibility index (Phi) is 4.22. The summed E-state index contributed by atoms with van der Waals surface area (Å²) in [7, 11) is 0. The molecule has 1 unspecified atom stereocenters. The van der Waals surface area contributed by atoms with E-state index in [-0.39, 0.29) is 10.9 Å². The normalized spacial score (nSPS) is 18.4. The molecule has 2 rings (SSSR count). The van der Waals surface area contributed by atoms with Crippen molar-refractivity contribution in [3.63, 3.8) is 0 Å². The van der Waals surface area contributed by atoms with Crippen molar-refractivity contribution in [2.24, 2.45) is 5.10 Å². The summed E-state index contributed by atoms with van der Waals surface area (Å²) in [4.78, 5) is 11.9. The number of benzene rings is 1. The molecule has 0 bridgehead atoms. The number of carbonyl (C=O) groups is 1. The van der Waals surface area contributed by atoms with Crippen LogP contribution in [0.2, 0.25) is 0 Å². The van der Waals surface area contributed by atoms with Gasteiger partial charge < -0.3 is 0 Å². The summed E-state index contributed by atoms with van der Waals surface area (Å²) in [5.74, 6) is -0.610. The molecule has 1 aromatic rings. The Bertz CT molecular complexity index is 545. The van der Waals surface area contributed by atoms with Crippen molar-refractivity contribution in [2.45, 2.75) is 24.9 Å². The molecule has 1 aliphatic rings. The first-order chi connectivity index (χ1) is 9.40. The lowest BCUT2D eigenvalue weighted by Crippen LogP contribution is -2.28. The van der Waals surface area contributed by atoms with Crippen molar-refractivity contribution in [2.75, 3.05) is 0 Å². The summed E-state index contributed by atoms with van der Waals surface area (Å²) in [5, 5.41) is 6.82. The zero-order valence-corrected chi connectivity index (χ0v) is 11.3. The van der Waals surface area contributed by atoms with Gasteiger partial charge in [0.05, 0.1) is 10.9 Å². The van der Waals surface area contributed by atoms with Crippen LogP contribution in [0.5, 0.6) is 0 Å². The molecule has 1 amide bonds. The van der Waals surface area contributed by atoms with Crippen molar-refractivity contribution in [1.82, 2.24) is 10.7 Å². The highest BCUT2D eigenvalue weighted by Crippen LogP contribution is 2.29. The summed E-state index contributed by atoms with van der Waals surface area (Å²) in [5.41, 5.74) is 1.90. The molecular weight excluding hydrogens is 291 g/mol. The molecule has 4 nitrogen and oxygen atoms in total. The van der Waals surface area contributed by atoms with E-state index in [1.54, 1.807) is 0 Å². The van der Waals surface area contributed by atoms with E-state index in [2.05, 4.69) is 15.8 Å². The second kappa shape index (κ2) is 5.74. The second-order valence-electron chi connectivity index (χ2n) is 4.09. The number of thioether (sulfide) groups is 1. The van der Waals surface area contributed by atoms with Gasteiger partial charge >= 0.3 is 6.18 Å². The first-order valence-corrected chi connectivity index (χ1v) is 6.76. The Hall–Kier alpha value is -1.70. The Morgan fingerprint density at radius 1 is 1.50 bits per heavy atom. The van der Waals surface area contributed by atoms with Crippen molar-refractivity contribution in [3.8, 4) is 0 Å². The van der Waals surface area contributed by atoms with E-state index in [0.717, 1.165) is 18.6 Å². The molecule has 1 aromatic carbocycles. The number of nitrogens with one attached hydrogen (secondary N) is 2. The Morgan fingerprint density at radius 2 is 2.25 bits per heavy atom. The summed E-state index contributed by atoms with van der Waals surface area (Å²) >= 11 is 1.33. The number of hydrogen-bond acceptors (Lipinski definition) is 4. The maximum Gasteiger partial charge on any atom is 0.416 e. The Balaban J connectivity index is 2.07. The van der Waals surface area contributed by atoms with Crippen molar-refractivity contribution in [1.29, 1.82) is 0 Å². The molecule has 20 heavy (non-hydrogen) atoms. The van der Waals surface area contributed by atoms with Gasteiger partial charge in [-0.25, -0.2) is 0 Å². The lowest BCUT2D eigenvalue weighted by molar-refractivity contribution is -0.137. The molecule has 0 saturated heterocycles. The predicted octanol–water partition coefficient (Wildman–Crippen LogP) is 2.78. The van der Waals surface area contributed by atoms with Crippen LogP contribution in [0.25, 0.3) is 0 Å². The summed E-state index contributed by atoms with van der Waals surface area (Å²) < 4.78 is 37.7. The third kappa shape index (κ3) is 3.44. The fraction of sp³-hybridized carbons (Fsp3) is 0.333. The summed E-state index contributed by atoms with van der Waals surface area (Å²) in [6.45, 7) is 1.96. The van der Waals surface area contributed by atoms with Gasteiger partial charge in [0.25, 0.3) is 5.91 Å². The smallest absolute Gasteiger partial charge is 0.300 e. The molecular formula is C12H12F3N3OS. The van der Waals surface area contributed by atoms with E-state index in [1.165, 1.54) is 23.9 Å². The first kappa shape index (κ1) is 14.7. The van der Waals surface area contributed by atoms with Gasteiger partial charge in [0.2, 0.25) is 0 Å². The molecule has 1 atom stereocenters. The highest BCUT2D eigenvalue weighted by atomic mass is 32.2. The topological polar surface area (TPSA) is 53.5 Å². The zero-order valence-electron chi connectivity index (χ0n) is 10.5. The van der Waals surface area contributed by atoms with Gasteiger partial charge in [-0.2, -0.15) is 18.3 Å². The quantitative estimate of drug-likeness (QED) is 0.883. The minimum Gasteiger partial charge on any atom is -0.300 e. The molecule has 2 N–H and O–H groups in total. The first-order valence-electron chi connectivity index (χ1n) is 5.88. The van der Waals surface area contributed by atoms with Gasteiger partial charge in [0.15, 0.2) is 5.17 Å². The highest BCUT2D eigenvalue weighted by molar-refractivity contribution is 8.14. The fourth-order valence-corrected chi connectivity index (χ4v) is 2.35. The van der Waals surface area contributed by atoms with Crippen molar-refractivity contribution >= 4 is 22.8 Å². The standard InChI is InChI=1S/C12H12F3N3OS/c1-2-9-17-18-11(20-9)16-10(19)7-4-3-5-8(6-7)12(13,14)15/h3-6,9,17H,2H2,1H3,(H,16,18,19). The van der Waals surface area contributed by atoms with E-state index in [0.29, 0.717) is 5.17 Å². The lowest BCUT2D eigenvalue weighted by Gasteiger charge is -2.09. The van der Waals surface area contributed by atoms with E-state index in [4.69, 9.17) is 0 Å². The van der Waals surface area contributed by atoms with Crippen LogP contribution in [0.4, 0.5) is 13.2 Å². The van der Waals surface area contributed by atoms with E-state index < -0.39 is 17.6 Å². The number of hydrazone groups is 1. The molecule has 108 valence electrons. The molecule has 1 heterocycles. The Morgan fingerprint density at radius 3 is 2.85 bits per heavy atom. The maximum atomic E-state index is 12.6. The molecule has 0 aliphatic carbocycles. The van der Waals surface area contributed by atoms with Gasteiger partial charge in [-0.05, 0) is 24.6 Å². The number of amides is 1. The third-order valence-corrected chi connectivity index (χ3v) is 3.75. The van der Waals surface area contributed by atoms with Crippen LogP contribution in [-0.4, -0.2) is 16.4 Å². The van der Waals surface area contributed by atoms with Crippen LogP contribution in [0.1, 0.15) is 29.3 Å². The van der Waals surface area contributed by atoms with Gasteiger partial charge in [-0.1, -0.05) is 24.8 Å². The monoisotopic (exact) mass is 303 g/mol. The molecule has 0 aromatic heterocycles. The van der Waals surface area contributed by atoms with Crippen LogP contribution >= 0.6 is 11.8 Å². The minimum absolute atomic E-state index is 0.0527. The van der Waals surface area contributed by atoms with E-state index in [9.17, 15) is 18.0 Å². The zero-order chi connectivity index (χ0) is 14.8. The number of nitrogens with zero attached hydrogens (tertiary/aromatic N) is 1. The van der Waals surface area contributed by atoms with E-state index in [1.807, 2.05) is 6.92 Å². The Labute approximate surface area is 117 Å². The fourth-order valence-electron chi connectivity index (χ4n) is 1.56. The van der Waals surface area contributed by atoms with Gasteiger partial charge in [0.1, 0.15) is 0 Å². The van der Waals surface area contributed by atoms with Crippen molar-refractivity contribution < 1.29 is 18.0 Å². The number of carbonyl (C=O) groups excluding carboxylic acids is 1. The number of amidine groups is 1. The average molecular weight is 303 g/mol. The number of rotatable bonds is 2. The van der Waals surface area contributed by atoms with Gasteiger partial charge in [0, 0.05) is 5.56 Å². The van der Waals surface area contributed by atoms with Crippen LogP contribution < -0.4 is 10.7 Å². The van der Waals surface area contributed by atoms with E-state index >= 15 is 0 Å². The SMILES string of the molecule is CCC1NN=C(NC(=O)c2cccc(C(F)(F)F)c2)S1. The minimum atomic E-state index is -4.47. The van der Waals surface area contributed by atoms with Crippen LogP contribution in [0.3, 0.4) is 0 Å².